The summed E-state index contributed by atoms with van der Waals surface area (Å²) in [6.45, 7) is 0. The molecule has 0 unspecified atom stereocenters. The summed E-state index contributed by atoms with van der Waals surface area (Å²) in [7, 11) is 0. The fourth-order valence-electron chi connectivity index (χ4n) is 0.905. The van der Waals surface area contributed by atoms with Crippen molar-refractivity contribution < 1.29 is 14.3 Å². The van der Waals surface area contributed by atoms with E-state index in [2.05, 4.69) is 0 Å². The zero-order valence-electron chi connectivity index (χ0n) is 6.35. The van der Waals surface area contributed by atoms with E-state index >= 15 is 0 Å². The van der Waals surface area contributed by atoms with Crippen LogP contribution in [0.3, 0.4) is 0 Å². The second kappa shape index (κ2) is 3.94. The van der Waals surface area contributed by atoms with Gasteiger partial charge in [0, 0.05) is 12.0 Å². The van der Waals surface area contributed by atoms with Gasteiger partial charge in [-0.3, -0.25) is 0 Å². The standard InChI is InChI=1S/C8H5Cl2FO2/c9-5-3-6(11)7(10)4(1-2-12)8(5)13/h2-3,13H,1H2. The first kappa shape index (κ1) is 10.3. The van der Waals surface area contributed by atoms with Crippen molar-refractivity contribution in [3.63, 3.8) is 0 Å². The maximum atomic E-state index is 12.9. The monoisotopic (exact) mass is 222 g/mol. The number of carbonyl (C=O) groups excluding carboxylic acids is 1. The van der Waals surface area contributed by atoms with Crippen molar-refractivity contribution >= 4 is 29.5 Å². The number of benzene rings is 1. The molecule has 0 radical (unpaired) electrons. The van der Waals surface area contributed by atoms with Gasteiger partial charge >= 0.3 is 0 Å². The third-order valence-electron chi connectivity index (χ3n) is 1.53. The first-order valence-corrected chi connectivity index (χ1v) is 4.12. The molecule has 1 N–H and O–H groups in total. The minimum atomic E-state index is -0.749. The van der Waals surface area contributed by atoms with Crippen molar-refractivity contribution in [3.8, 4) is 5.75 Å². The summed E-state index contributed by atoms with van der Waals surface area (Å²) in [5, 5.41) is 8.87. The molecule has 0 bridgehead atoms. The van der Waals surface area contributed by atoms with Crippen molar-refractivity contribution in [2.45, 2.75) is 6.42 Å². The zero-order valence-corrected chi connectivity index (χ0v) is 7.86. The Bertz CT molecular complexity index is 326. The minimum absolute atomic E-state index is 0.0154. The van der Waals surface area contributed by atoms with Crippen LogP contribution in [0.1, 0.15) is 5.56 Å². The van der Waals surface area contributed by atoms with E-state index in [9.17, 15) is 14.3 Å². The van der Waals surface area contributed by atoms with Gasteiger partial charge in [-0.15, -0.1) is 0 Å². The van der Waals surface area contributed by atoms with Crippen molar-refractivity contribution in [1.82, 2.24) is 0 Å². The van der Waals surface area contributed by atoms with Crippen LogP contribution in [0.25, 0.3) is 0 Å². The molecule has 2 nitrogen and oxygen atoms in total. The van der Waals surface area contributed by atoms with Crippen LogP contribution < -0.4 is 0 Å². The second-order valence-corrected chi connectivity index (χ2v) is 3.14. The van der Waals surface area contributed by atoms with Crippen LogP contribution in [0, 0.1) is 5.82 Å². The van der Waals surface area contributed by atoms with Gasteiger partial charge in [0.05, 0.1) is 10.0 Å². The topological polar surface area (TPSA) is 37.3 Å². The van der Waals surface area contributed by atoms with Crippen molar-refractivity contribution in [2.24, 2.45) is 0 Å². The number of carbonyl (C=O) groups is 1. The number of halogens is 3. The minimum Gasteiger partial charge on any atom is -0.506 e. The Morgan fingerprint density at radius 1 is 1.54 bits per heavy atom. The number of aldehydes is 1. The Balaban J connectivity index is 3.36. The Morgan fingerprint density at radius 2 is 2.15 bits per heavy atom. The van der Waals surface area contributed by atoms with Crippen LogP contribution in [-0.2, 0) is 11.2 Å². The van der Waals surface area contributed by atoms with Gasteiger partial charge in [0.2, 0.25) is 0 Å². The summed E-state index contributed by atoms with van der Waals surface area (Å²) >= 11 is 11.0. The largest absolute Gasteiger partial charge is 0.506 e. The predicted octanol–water partition coefficient (Wildman–Crippen LogP) is 2.58. The van der Waals surface area contributed by atoms with Crippen LogP contribution in [-0.4, -0.2) is 11.4 Å². The highest BCUT2D eigenvalue weighted by molar-refractivity contribution is 6.35. The first-order chi connectivity index (χ1) is 6.07. The molecule has 0 amide bonds. The van der Waals surface area contributed by atoms with E-state index in [1.165, 1.54) is 0 Å². The van der Waals surface area contributed by atoms with Crippen molar-refractivity contribution in [3.05, 3.63) is 27.5 Å². The Labute approximate surface area is 83.9 Å². The number of rotatable bonds is 2. The summed E-state index contributed by atoms with van der Waals surface area (Å²) in [5.74, 6) is -1.10. The average molecular weight is 223 g/mol. The summed E-state index contributed by atoms with van der Waals surface area (Å²) in [6, 6.07) is 0.896. The number of hydrogen-bond donors (Lipinski definition) is 1. The molecule has 1 aromatic carbocycles. The quantitative estimate of drug-likeness (QED) is 0.617. The normalized spacial score (nSPS) is 10.1. The molecule has 0 aliphatic heterocycles. The molecule has 1 aromatic rings. The van der Waals surface area contributed by atoms with E-state index in [1.807, 2.05) is 0 Å². The third-order valence-corrected chi connectivity index (χ3v) is 2.22. The lowest BCUT2D eigenvalue weighted by atomic mass is 10.1. The lowest BCUT2D eigenvalue weighted by Crippen LogP contribution is -1.92. The highest BCUT2D eigenvalue weighted by Gasteiger charge is 2.14. The van der Waals surface area contributed by atoms with E-state index < -0.39 is 5.82 Å². The van der Waals surface area contributed by atoms with Gasteiger partial charge in [-0.05, 0) is 6.07 Å². The van der Waals surface area contributed by atoms with E-state index in [-0.39, 0.29) is 27.8 Å². The molecule has 0 fully saturated rings. The fourth-order valence-corrected chi connectivity index (χ4v) is 1.34. The summed E-state index contributed by atoms with van der Waals surface area (Å²) in [4.78, 5) is 10.2. The molecule has 0 atom stereocenters. The van der Waals surface area contributed by atoms with E-state index in [1.54, 1.807) is 0 Å². The molecule has 5 heteroatoms. The molecule has 70 valence electrons. The van der Waals surface area contributed by atoms with Gasteiger partial charge < -0.3 is 9.90 Å². The van der Waals surface area contributed by atoms with Gasteiger partial charge in [-0.1, -0.05) is 23.2 Å². The SMILES string of the molecule is O=CCc1c(O)c(Cl)cc(F)c1Cl. The molecule has 0 heterocycles. The van der Waals surface area contributed by atoms with Gasteiger partial charge in [0.1, 0.15) is 17.9 Å². The maximum absolute atomic E-state index is 12.9. The number of hydrogen-bond acceptors (Lipinski definition) is 2. The maximum Gasteiger partial charge on any atom is 0.143 e. The molecule has 0 saturated heterocycles. The van der Waals surface area contributed by atoms with Crippen molar-refractivity contribution in [1.29, 1.82) is 0 Å². The van der Waals surface area contributed by atoms with Gasteiger partial charge in [-0.2, -0.15) is 0 Å². The molecular formula is C8H5Cl2FO2. The molecule has 0 aliphatic carbocycles. The van der Waals surface area contributed by atoms with Crippen LogP contribution in [0.15, 0.2) is 6.07 Å². The predicted molar refractivity (Wildman–Crippen MR) is 47.9 cm³/mol. The fraction of sp³-hybridized carbons (Fsp3) is 0.125. The van der Waals surface area contributed by atoms with Crippen LogP contribution >= 0.6 is 23.2 Å². The van der Waals surface area contributed by atoms with E-state index in [4.69, 9.17) is 23.2 Å². The molecule has 0 spiro atoms. The molecule has 13 heavy (non-hydrogen) atoms. The molecule has 0 aromatic heterocycles. The summed E-state index contributed by atoms with van der Waals surface area (Å²) < 4.78 is 12.9. The van der Waals surface area contributed by atoms with Crippen LogP contribution in [0.5, 0.6) is 5.75 Å². The number of phenols is 1. The Hall–Kier alpha value is -0.800. The average Bonchev–Trinajstić information content (AvgIpc) is 2.09. The van der Waals surface area contributed by atoms with E-state index in [0.717, 1.165) is 6.07 Å². The zero-order chi connectivity index (χ0) is 10.0. The summed E-state index contributed by atoms with van der Waals surface area (Å²) in [6.07, 6.45) is 0.346. The second-order valence-electron chi connectivity index (χ2n) is 2.35. The summed E-state index contributed by atoms with van der Waals surface area (Å²) in [5.41, 5.74) is 0.0154. The number of phenolic OH excluding ortho intramolecular Hbond substituents is 1. The van der Waals surface area contributed by atoms with Crippen molar-refractivity contribution in [2.75, 3.05) is 0 Å². The van der Waals surface area contributed by atoms with Crippen LogP contribution in [0.4, 0.5) is 4.39 Å². The van der Waals surface area contributed by atoms with Gasteiger partial charge in [0.25, 0.3) is 0 Å². The van der Waals surface area contributed by atoms with Gasteiger partial charge in [-0.25, -0.2) is 4.39 Å². The molecular weight excluding hydrogens is 218 g/mol. The Kier molecular flexibility index (Phi) is 3.12. The van der Waals surface area contributed by atoms with E-state index in [0.29, 0.717) is 6.29 Å². The lowest BCUT2D eigenvalue weighted by Gasteiger charge is -2.06. The highest BCUT2D eigenvalue weighted by Crippen LogP contribution is 2.34. The highest BCUT2D eigenvalue weighted by atomic mass is 35.5. The molecule has 0 saturated carbocycles. The first-order valence-electron chi connectivity index (χ1n) is 3.37. The van der Waals surface area contributed by atoms with Crippen LogP contribution in [0.2, 0.25) is 10.0 Å². The smallest absolute Gasteiger partial charge is 0.143 e. The Morgan fingerprint density at radius 3 is 2.69 bits per heavy atom. The number of aromatic hydroxyl groups is 1. The lowest BCUT2D eigenvalue weighted by molar-refractivity contribution is -0.107. The third kappa shape index (κ3) is 1.92. The molecule has 1 rings (SSSR count). The van der Waals surface area contributed by atoms with Gasteiger partial charge in [0.15, 0.2) is 0 Å². The molecule has 0 aliphatic rings.